The zero-order chi connectivity index (χ0) is 14.6. The fourth-order valence-corrected chi connectivity index (χ4v) is 1.60. The summed E-state index contributed by atoms with van der Waals surface area (Å²) in [5.41, 5.74) is 6.09. The molecular formula is C13H20BrN3O2. The summed E-state index contributed by atoms with van der Waals surface area (Å²) in [5.74, 6) is 0.616. The molecule has 1 aromatic carbocycles. The van der Waals surface area contributed by atoms with Crippen LogP contribution in [-0.4, -0.2) is 42.2 Å². The van der Waals surface area contributed by atoms with Crippen molar-refractivity contribution in [3.05, 3.63) is 28.2 Å². The van der Waals surface area contributed by atoms with Crippen LogP contribution in [0.1, 0.15) is 19.4 Å². The highest BCUT2D eigenvalue weighted by atomic mass is 79.9. The Morgan fingerprint density at radius 1 is 1.47 bits per heavy atom. The third-order valence-corrected chi connectivity index (χ3v) is 3.61. The topological polar surface area (TPSA) is 71.1 Å². The van der Waals surface area contributed by atoms with Gasteiger partial charge in [0.25, 0.3) is 0 Å². The van der Waals surface area contributed by atoms with Crippen molar-refractivity contribution < 1.29 is 9.94 Å². The lowest BCUT2D eigenvalue weighted by molar-refractivity contribution is 0.114. The van der Waals surface area contributed by atoms with Crippen LogP contribution in [0, 0.1) is 0 Å². The predicted molar refractivity (Wildman–Crippen MR) is 79.9 cm³/mol. The van der Waals surface area contributed by atoms with Crippen LogP contribution in [0.5, 0.6) is 5.75 Å². The van der Waals surface area contributed by atoms with Gasteiger partial charge in [-0.05, 0) is 46.1 Å². The third-order valence-electron chi connectivity index (χ3n) is 3.12. The summed E-state index contributed by atoms with van der Waals surface area (Å²) < 4.78 is 6.70. The third kappa shape index (κ3) is 4.11. The SMILES string of the molecule is CN(C)C(C)(C)COc1cc(Br)ccc1/C(N)=N/O. The zero-order valence-electron chi connectivity index (χ0n) is 11.6. The molecule has 0 fully saturated rings. The molecule has 0 heterocycles. The van der Waals surface area contributed by atoms with Crippen LogP contribution >= 0.6 is 15.9 Å². The first-order chi connectivity index (χ1) is 8.77. The van der Waals surface area contributed by atoms with Crippen LogP contribution in [0.15, 0.2) is 27.8 Å². The Hall–Kier alpha value is -1.27. The monoisotopic (exact) mass is 329 g/mol. The number of benzene rings is 1. The summed E-state index contributed by atoms with van der Waals surface area (Å²) in [6.45, 7) is 4.64. The lowest BCUT2D eigenvalue weighted by atomic mass is 10.1. The van der Waals surface area contributed by atoms with Gasteiger partial charge >= 0.3 is 0 Å². The van der Waals surface area contributed by atoms with Crippen LogP contribution in [-0.2, 0) is 0 Å². The molecule has 0 aliphatic rings. The molecule has 0 radical (unpaired) electrons. The first-order valence-electron chi connectivity index (χ1n) is 5.85. The molecule has 0 saturated heterocycles. The van der Waals surface area contributed by atoms with Crippen molar-refractivity contribution in [2.24, 2.45) is 10.9 Å². The van der Waals surface area contributed by atoms with Crippen LogP contribution < -0.4 is 10.5 Å². The van der Waals surface area contributed by atoms with E-state index in [1.54, 1.807) is 12.1 Å². The van der Waals surface area contributed by atoms with Crippen molar-refractivity contribution in [2.45, 2.75) is 19.4 Å². The van der Waals surface area contributed by atoms with Crippen molar-refractivity contribution in [1.29, 1.82) is 0 Å². The van der Waals surface area contributed by atoms with E-state index in [9.17, 15) is 0 Å². The van der Waals surface area contributed by atoms with Gasteiger partial charge in [-0.3, -0.25) is 0 Å². The number of nitrogens with zero attached hydrogens (tertiary/aromatic N) is 2. The lowest BCUT2D eigenvalue weighted by Crippen LogP contribution is -2.43. The van der Waals surface area contributed by atoms with Crippen molar-refractivity contribution in [3.8, 4) is 5.75 Å². The van der Waals surface area contributed by atoms with Gasteiger partial charge in [0.15, 0.2) is 5.84 Å². The molecule has 0 amide bonds. The van der Waals surface area contributed by atoms with E-state index in [1.807, 2.05) is 20.2 Å². The summed E-state index contributed by atoms with van der Waals surface area (Å²) in [7, 11) is 3.99. The molecule has 1 rings (SSSR count). The lowest BCUT2D eigenvalue weighted by Gasteiger charge is -2.32. The molecule has 19 heavy (non-hydrogen) atoms. The number of hydrogen-bond acceptors (Lipinski definition) is 4. The maximum absolute atomic E-state index is 8.79. The minimum Gasteiger partial charge on any atom is -0.491 e. The number of nitrogens with two attached hydrogens (primary N) is 1. The van der Waals surface area contributed by atoms with Gasteiger partial charge in [0.2, 0.25) is 0 Å². The van der Waals surface area contributed by atoms with Gasteiger partial charge in [0.05, 0.1) is 5.56 Å². The van der Waals surface area contributed by atoms with E-state index in [2.05, 4.69) is 39.8 Å². The minimum atomic E-state index is -0.120. The fraction of sp³-hybridized carbons (Fsp3) is 0.462. The Morgan fingerprint density at radius 3 is 2.63 bits per heavy atom. The highest BCUT2D eigenvalue weighted by molar-refractivity contribution is 9.10. The van der Waals surface area contributed by atoms with E-state index < -0.39 is 0 Å². The van der Waals surface area contributed by atoms with E-state index in [1.165, 1.54) is 0 Å². The average molecular weight is 330 g/mol. The van der Waals surface area contributed by atoms with Crippen molar-refractivity contribution >= 4 is 21.8 Å². The van der Waals surface area contributed by atoms with Crippen LogP contribution in [0.3, 0.4) is 0 Å². The van der Waals surface area contributed by atoms with Gasteiger partial charge in [-0.2, -0.15) is 0 Å². The van der Waals surface area contributed by atoms with Crippen LogP contribution in [0.2, 0.25) is 0 Å². The summed E-state index contributed by atoms with van der Waals surface area (Å²) in [5, 5.41) is 11.8. The maximum Gasteiger partial charge on any atom is 0.173 e. The number of oxime groups is 1. The normalized spacial score (nSPS) is 12.8. The molecule has 6 heteroatoms. The Kier molecular flexibility index (Phi) is 5.20. The number of halogens is 1. The second-order valence-electron chi connectivity index (χ2n) is 5.12. The van der Waals surface area contributed by atoms with E-state index in [0.29, 0.717) is 17.9 Å². The Balaban J connectivity index is 2.97. The standard InChI is InChI=1S/C13H20BrN3O2/c1-13(2,17(3)4)8-19-11-7-9(14)5-6-10(11)12(15)16-18/h5-7,18H,8H2,1-4H3,(H2,15,16). The molecule has 0 aliphatic heterocycles. The molecule has 1 aromatic rings. The summed E-state index contributed by atoms with van der Waals surface area (Å²) >= 11 is 3.38. The van der Waals surface area contributed by atoms with Crippen LogP contribution in [0.25, 0.3) is 0 Å². The molecule has 0 saturated carbocycles. The highest BCUT2D eigenvalue weighted by Crippen LogP contribution is 2.25. The molecule has 106 valence electrons. The Bertz CT molecular complexity index is 473. The molecule has 0 atom stereocenters. The molecular weight excluding hydrogens is 310 g/mol. The Labute approximate surface area is 122 Å². The summed E-state index contributed by atoms with van der Waals surface area (Å²) in [6.07, 6.45) is 0. The van der Waals surface area contributed by atoms with E-state index in [4.69, 9.17) is 15.7 Å². The molecule has 3 N–H and O–H groups in total. The Morgan fingerprint density at radius 2 is 2.11 bits per heavy atom. The first-order valence-corrected chi connectivity index (χ1v) is 6.65. The average Bonchev–Trinajstić information content (AvgIpc) is 2.35. The number of likely N-dealkylation sites (N-methyl/N-ethyl adjacent to an activating group) is 1. The first kappa shape index (κ1) is 15.8. The van der Waals surface area contributed by atoms with Crippen molar-refractivity contribution in [3.63, 3.8) is 0 Å². The predicted octanol–water partition coefficient (Wildman–Crippen LogP) is 2.26. The van der Waals surface area contributed by atoms with Gasteiger partial charge in [-0.15, -0.1) is 0 Å². The number of ether oxygens (including phenoxy) is 1. The van der Waals surface area contributed by atoms with E-state index >= 15 is 0 Å². The van der Waals surface area contributed by atoms with E-state index in [0.717, 1.165) is 4.47 Å². The largest absolute Gasteiger partial charge is 0.491 e. The molecule has 0 aromatic heterocycles. The van der Waals surface area contributed by atoms with Gasteiger partial charge in [0.1, 0.15) is 12.4 Å². The summed E-state index contributed by atoms with van der Waals surface area (Å²) in [4.78, 5) is 2.08. The fourth-order valence-electron chi connectivity index (χ4n) is 1.26. The zero-order valence-corrected chi connectivity index (χ0v) is 13.2. The molecule has 0 aliphatic carbocycles. The molecule has 0 unspecified atom stereocenters. The number of amidine groups is 1. The molecule has 5 nitrogen and oxygen atoms in total. The second-order valence-corrected chi connectivity index (χ2v) is 6.04. The number of rotatable bonds is 5. The van der Waals surface area contributed by atoms with Crippen molar-refractivity contribution in [2.75, 3.05) is 20.7 Å². The van der Waals surface area contributed by atoms with Gasteiger partial charge in [-0.25, -0.2) is 0 Å². The van der Waals surface area contributed by atoms with Crippen molar-refractivity contribution in [1.82, 2.24) is 4.90 Å². The molecule has 0 bridgehead atoms. The van der Waals surface area contributed by atoms with Gasteiger partial charge in [0, 0.05) is 10.0 Å². The minimum absolute atomic E-state index is 0.0326. The molecule has 0 spiro atoms. The summed E-state index contributed by atoms with van der Waals surface area (Å²) in [6, 6.07) is 5.37. The second kappa shape index (κ2) is 6.25. The number of hydrogen-bond donors (Lipinski definition) is 2. The maximum atomic E-state index is 8.79. The van der Waals surface area contributed by atoms with Crippen LogP contribution in [0.4, 0.5) is 0 Å². The van der Waals surface area contributed by atoms with Gasteiger partial charge < -0.3 is 20.6 Å². The smallest absolute Gasteiger partial charge is 0.173 e. The highest BCUT2D eigenvalue weighted by Gasteiger charge is 2.22. The quantitative estimate of drug-likeness (QED) is 0.376. The van der Waals surface area contributed by atoms with Gasteiger partial charge in [-0.1, -0.05) is 21.1 Å². The van der Waals surface area contributed by atoms with E-state index in [-0.39, 0.29) is 11.4 Å².